The van der Waals surface area contributed by atoms with Gasteiger partial charge in [0.05, 0.1) is 11.6 Å². The number of benzene rings is 1. The monoisotopic (exact) mass is 397 g/mol. The first-order valence-electron chi connectivity index (χ1n) is 7.87. The summed E-state index contributed by atoms with van der Waals surface area (Å²) in [4.78, 5) is 26.2. The molecule has 1 aliphatic carbocycles. The van der Waals surface area contributed by atoms with Crippen LogP contribution in [0.5, 0.6) is 5.75 Å². The van der Waals surface area contributed by atoms with Crippen molar-refractivity contribution in [2.45, 2.75) is 31.1 Å². The summed E-state index contributed by atoms with van der Waals surface area (Å²) in [6, 6.07) is 5.99. The number of thioether (sulfide) groups is 1. The van der Waals surface area contributed by atoms with E-state index >= 15 is 0 Å². The number of ether oxygens (including phenoxy) is 1. The molecule has 6 heteroatoms. The van der Waals surface area contributed by atoms with E-state index in [4.69, 9.17) is 4.74 Å². The second-order valence-electron chi connectivity index (χ2n) is 5.96. The van der Waals surface area contributed by atoms with Crippen LogP contribution in [0.4, 0.5) is 0 Å². The summed E-state index contributed by atoms with van der Waals surface area (Å²) in [7, 11) is 1.64. The van der Waals surface area contributed by atoms with E-state index < -0.39 is 0 Å². The molecule has 23 heavy (non-hydrogen) atoms. The number of carbonyl (C=O) groups excluding carboxylic acids is 2. The first kappa shape index (κ1) is 16.8. The number of ketones is 1. The lowest BCUT2D eigenvalue weighted by atomic mass is 9.87. The summed E-state index contributed by atoms with van der Waals surface area (Å²) >= 11 is 5.31. The zero-order valence-corrected chi connectivity index (χ0v) is 15.5. The summed E-state index contributed by atoms with van der Waals surface area (Å²) < 4.78 is 6.18. The Morgan fingerprint density at radius 1 is 1.35 bits per heavy atom. The van der Waals surface area contributed by atoms with Crippen LogP contribution in [-0.2, 0) is 9.59 Å². The molecule has 1 aromatic carbocycles. The Kier molecular flexibility index (Phi) is 5.31. The zero-order chi connectivity index (χ0) is 16.4. The largest absolute Gasteiger partial charge is 0.496 e. The number of methoxy groups -OCH3 is 1. The normalized spacial score (nSPS) is 22.4. The van der Waals surface area contributed by atoms with Crippen molar-refractivity contribution in [3.05, 3.63) is 28.2 Å². The van der Waals surface area contributed by atoms with E-state index in [1.807, 2.05) is 23.1 Å². The van der Waals surface area contributed by atoms with Gasteiger partial charge in [0.25, 0.3) is 0 Å². The molecule has 0 bridgehead atoms. The molecular weight excluding hydrogens is 378 g/mol. The van der Waals surface area contributed by atoms with E-state index in [2.05, 4.69) is 15.9 Å². The minimum atomic E-state index is 0.00980. The fourth-order valence-electron chi connectivity index (χ4n) is 3.23. The zero-order valence-electron chi connectivity index (χ0n) is 13.1. The van der Waals surface area contributed by atoms with Gasteiger partial charge in [0, 0.05) is 31.1 Å². The fraction of sp³-hybridized carbons (Fsp3) is 0.529. The average molecular weight is 398 g/mol. The van der Waals surface area contributed by atoms with Gasteiger partial charge in [-0.25, -0.2) is 0 Å². The van der Waals surface area contributed by atoms with Gasteiger partial charge >= 0.3 is 0 Å². The van der Waals surface area contributed by atoms with E-state index in [1.54, 1.807) is 18.9 Å². The van der Waals surface area contributed by atoms with Crippen LogP contribution in [0.15, 0.2) is 22.7 Å². The van der Waals surface area contributed by atoms with Gasteiger partial charge in [0.2, 0.25) is 5.91 Å². The molecule has 2 aliphatic rings. The highest BCUT2D eigenvalue weighted by atomic mass is 79.9. The molecule has 1 saturated carbocycles. The topological polar surface area (TPSA) is 46.6 Å². The molecule has 1 heterocycles. The van der Waals surface area contributed by atoms with Gasteiger partial charge in [-0.3, -0.25) is 9.59 Å². The van der Waals surface area contributed by atoms with Gasteiger partial charge in [-0.05, 0) is 46.5 Å². The molecule has 1 saturated heterocycles. The van der Waals surface area contributed by atoms with E-state index in [-0.39, 0.29) is 17.2 Å². The van der Waals surface area contributed by atoms with Crippen LogP contribution in [0.3, 0.4) is 0 Å². The molecule has 1 unspecified atom stereocenters. The van der Waals surface area contributed by atoms with Crippen molar-refractivity contribution in [2.75, 3.05) is 19.4 Å². The third-order valence-corrected chi connectivity index (χ3v) is 6.41. The molecule has 2 fully saturated rings. The van der Waals surface area contributed by atoms with E-state index in [0.717, 1.165) is 28.1 Å². The predicted octanol–water partition coefficient (Wildman–Crippen LogP) is 3.79. The Labute approximate surface area is 149 Å². The Morgan fingerprint density at radius 2 is 2.09 bits per heavy atom. The molecule has 1 aliphatic heterocycles. The van der Waals surface area contributed by atoms with Gasteiger partial charge in [-0.1, -0.05) is 6.07 Å². The summed E-state index contributed by atoms with van der Waals surface area (Å²) in [5.74, 6) is 2.25. The van der Waals surface area contributed by atoms with Gasteiger partial charge in [-0.15, -0.1) is 11.8 Å². The third-order valence-electron chi connectivity index (χ3n) is 4.53. The van der Waals surface area contributed by atoms with E-state index in [9.17, 15) is 9.59 Å². The van der Waals surface area contributed by atoms with Crippen LogP contribution in [0.25, 0.3) is 0 Å². The molecule has 1 amide bonds. The smallest absolute Gasteiger partial charge is 0.226 e. The number of rotatable bonds is 3. The number of nitrogens with zero attached hydrogens (tertiary/aromatic N) is 1. The maximum Gasteiger partial charge on any atom is 0.226 e. The Balaban J connectivity index is 1.76. The number of hydrogen-bond acceptors (Lipinski definition) is 4. The molecule has 0 N–H and O–H groups in total. The fourth-order valence-corrected chi connectivity index (χ4v) is 5.04. The van der Waals surface area contributed by atoms with Gasteiger partial charge in [0.15, 0.2) is 0 Å². The Bertz CT molecular complexity index is 612. The average Bonchev–Trinajstić information content (AvgIpc) is 3.04. The van der Waals surface area contributed by atoms with Gasteiger partial charge in [0.1, 0.15) is 16.9 Å². The van der Waals surface area contributed by atoms with Crippen LogP contribution in [0, 0.1) is 5.92 Å². The lowest BCUT2D eigenvalue weighted by Crippen LogP contribution is -2.37. The van der Waals surface area contributed by atoms with Crippen LogP contribution in [-0.4, -0.2) is 36.0 Å². The summed E-state index contributed by atoms with van der Waals surface area (Å²) in [5, 5.41) is 0.0577. The Hall–Kier alpha value is -1.01. The van der Waals surface area contributed by atoms with E-state index in [1.165, 1.54) is 0 Å². The lowest BCUT2D eigenvalue weighted by molar-refractivity contribution is -0.137. The molecule has 1 atom stereocenters. The first-order valence-corrected chi connectivity index (χ1v) is 9.71. The highest BCUT2D eigenvalue weighted by Crippen LogP contribution is 2.41. The van der Waals surface area contributed by atoms with Crippen LogP contribution in [0.2, 0.25) is 0 Å². The highest BCUT2D eigenvalue weighted by Gasteiger charge is 2.36. The van der Waals surface area contributed by atoms with E-state index in [0.29, 0.717) is 31.5 Å². The molecule has 4 nitrogen and oxygen atoms in total. The number of Topliss-reactive ketones (excluding diaryl/α,β-unsaturated/α-hetero) is 1. The molecule has 0 radical (unpaired) electrons. The van der Waals surface area contributed by atoms with Crippen LogP contribution >= 0.6 is 27.7 Å². The van der Waals surface area contributed by atoms with Crippen molar-refractivity contribution >= 4 is 39.4 Å². The standard InChI is InChI=1S/C17H20BrNO3S/c1-22-15-7-4-12(10-14(15)18)17-19(8-9-23-17)16(21)11-2-5-13(20)6-3-11/h4,7,10-11,17H,2-3,5-6,8-9H2,1H3. The van der Waals surface area contributed by atoms with Crippen LogP contribution in [0.1, 0.15) is 36.6 Å². The number of amides is 1. The molecule has 0 spiro atoms. The number of halogens is 1. The van der Waals surface area contributed by atoms with Crippen molar-refractivity contribution in [3.8, 4) is 5.75 Å². The molecule has 3 rings (SSSR count). The molecule has 1 aromatic rings. The lowest BCUT2D eigenvalue weighted by Gasteiger charge is -2.30. The SMILES string of the molecule is COc1ccc(C2SCCN2C(=O)C2CCC(=O)CC2)cc1Br. The van der Waals surface area contributed by atoms with Gasteiger partial charge < -0.3 is 9.64 Å². The predicted molar refractivity (Wildman–Crippen MR) is 94.6 cm³/mol. The minimum absolute atomic E-state index is 0.00980. The Morgan fingerprint density at radius 3 is 2.74 bits per heavy atom. The molecular formula is C17H20BrNO3S. The van der Waals surface area contributed by atoms with Crippen molar-refractivity contribution in [1.29, 1.82) is 0 Å². The third kappa shape index (κ3) is 3.58. The summed E-state index contributed by atoms with van der Waals surface area (Å²) in [6.07, 6.45) is 2.52. The highest BCUT2D eigenvalue weighted by molar-refractivity contribution is 9.10. The second-order valence-corrected chi connectivity index (χ2v) is 8.00. The maximum atomic E-state index is 12.9. The van der Waals surface area contributed by atoms with Crippen molar-refractivity contribution < 1.29 is 14.3 Å². The van der Waals surface area contributed by atoms with Crippen molar-refractivity contribution in [3.63, 3.8) is 0 Å². The first-order chi connectivity index (χ1) is 11.1. The van der Waals surface area contributed by atoms with Gasteiger partial charge in [-0.2, -0.15) is 0 Å². The molecule has 124 valence electrons. The van der Waals surface area contributed by atoms with Crippen molar-refractivity contribution in [1.82, 2.24) is 4.90 Å². The summed E-state index contributed by atoms with van der Waals surface area (Å²) in [6.45, 7) is 0.780. The number of hydrogen-bond donors (Lipinski definition) is 0. The minimum Gasteiger partial charge on any atom is -0.496 e. The van der Waals surface area contributed by atoms with Crippen LogP contribution < -0.4 is 4.74 Å². The quantitative estimate of drug-likeness (QED) is 0.777. The molecule has 0 aromatic heterocycles. The second kappa shape index (κ2) is 7.26. The summed E-state index contributed by atoms with van der Waals surface area (Å²) in [5.41, 5.74) is 1.11. The van der Waals surface area contributed by atoms with Crippen molar-refractivity contribution in [2.24, 2.45) is 5.92 Å². The number of carbonyl (C=O) groups is 2. The maximum absolute atomic E-state index is 12.9.